The van der Waals surface area contributed by atoms with Gasteiger partial charge < -0.3 is 9.84 Å². The van der Waals surface area contributed by atoms with Gasteiger partial charge in [0.05, 0.1) is 12.7 Å². The summed E-state index contributed by atoms with van der Waals surface area (Å²) in [5, 5.41) is 6.94. The van der Waals surface area contributed by atoms with E-state index in [1.807, 2.05) is 0 Å². The highest BCUT2D eigenvalue weighted by Gasteiger charge is 2.16. The Bertz CT molecular complexity index is 416. The van der Waals surface area contributed by atoms with Crippen LogP contribution in [0.15, 0.2) is 10.7 Å². The zero-order valence-electron chi connectivity index (χ0n) is 6.45. The van der Waals surface area contributed by atoms with E-state index in [2.05, 4.69) is 20.0 Å². The smallest absolute Gasteiger partial charge is 0.258 e. The molecule has 2 aromatic rings. The summed E-state index contributed by atoms with van der Waals surface area (Å²) in [6.45, 7) is 2.71. The second-order valence-corrected chi connectivity index (χ2v) is 2.87. The second-order valence-electron chi connectivity index (χ2n) is 2.87. The van der Waals surface area contributed by atoms with Crippen LogP contribution in [0, 0.1) is 0 Å². The van der Waals surface area contributed by atoms with Crippen molar-refractivity contribution in [2.45, 2.75) is 13.1 Å². The third-order valence-electron chi connectivity index (χ3n) is 2.13. The van der Waals surface area contributed by atoms with Crippen molar-refractivity contribution in [1.29, 1.82) is 0 Å². The summed E-state index contributed by atoms with van der Waals surface area (Å²) in [7, 11) is 0. The molecule has 1 N–H and O–H groups in total. The van der Waals surface area contributed by atoms with Gasteiger partial charge in [-0.25, -0.2) is 4.98 Å². The first kappa shape index (κ1) is 6.19. The number of nitrogens with zero attached hydrogens (tertiary/aromatic N) is 3. The first-order valence-corrected chi connectivity index (χ1v) is 3.95. The van der Waals surface area contributed by atoms with Crippen LogP contribution in [0.25, 0.3) is 11.2 Å². The standard InChI is InChI=1S/C7H8N4O/c1-2-11-6(4-8-1)10-5-3-9-12-7(5)11/h3,8H,1-2,4H2. The van der Waals surface area contributed by atoms with Crippen LogP contribution in [0.2, 0.25) is 0 Å². The molecule has 5 heteroatoms. The molecule has 1 aliphatic heterocycles. The van der Waals surface area contributed by atoms with E-state index in [1.165, 1.54) is 0 Å². The molecule has 0 amide bonds. The summed E-state index contributed by atoms with van der Waals surface area (Å²) in [4.78, 5) is 4.36. The summed E-state index contributed by atoms with van der Waals surface area (Å²) < 4.78 is 7.15. The Morgan fingerprint density at radius 3 is 3.58 bits per heavy atom. The number of aromatic nitrogens is 3. The zero-order valence-corrected chi connectivity index (χ0v) is 6.45. The van der Waals surface area contributed by atoms with Crippen molar-refractivity contribution < 1.29 is 4.52 Å². The van der Waals surface area contributed by atoms with Gasteiger partial charge in [-0.15, -0.1) is 0 Å². The molecular weight excluding hydrogens is 156 g/mol. The summed E-state index contributed by atoms with van der Waals surface area (Å²) >= 11 is 0. The van der Waals surface area contributed by atoms with E-state index < -0.39 is 0 Å². The zero-order chi connectivity index (χ0) is 7.97. The average molecular weight is 164 g/mol. The Balaban J connectivity index is 2.34. The van der Waals surface area contributed by atoms with E-state index >= 15 is 0 Å². The first-order chi connectivity index (χ1) is 5.95. The van der Waals surface area contributed by atoms with Crippen molar-refractivity contribution in [3.63, 3.8) is 0 Å². The first-order valence-electron chi connectivity index (χ1n) is 3.95. The highest BCUT2D eigenvalue weighted by atomic mass is 16.5. The predicted octanol–water partition coefficient (Wildman–Crippen LogP) is 0.127. The van der Waals surface area contributed by atoms with E-state index in [0.717, 1.165) is 36.7 Å². The fourth-order valence-electron chi connectivity index (χ4n) is 1.57. The van der Waals surface area contributed by atoms with Gasteiger partial charge in [-0.1, -0.05) is 5.16 Å². The second kappa shape index (κ2) is 2.07. The SMILES string of the molecule is c1noc2c1nc1n2CCNC1. The van der Waals surface area contributed by atoms with Crippen LogP contribution >= 0.6 is 0 Å². The molecule has 0 aromatic carbocycles. The minimum Gasteiger partial charge on any atom is -0.336 e. The quantitative estimate of drug-likeness (QED) is 0.601. The van der Waals surface area contributed by atoms with Crippen LogP contribution in [0.3, 0.4) is 0 Å². The minimum absolute atomic E-state index is 0.798. The number of imidazole rings is 1. The summed E-state index contributed by atoms with van der Waals surface area (Å²) in [6, 6.07) is 0. The van der Waals surface area contributed by atoms with Gasteiger partial charge in [0.25, 0.3) is 5.71 Å². The van der Waals surface area contributed by atoms with E-state index in [1.54, 1.807) is 6.20 Å². The lowest BCUT2D eigenvalue weighted by Crippen LogP contribution is -2.28. The number of nitrogens with one attached hydrogen (secondary N) is 1. The van der Waals surface area contributed by atoms with E-state index in [9.17, 15) is 0 Å². The molecule has 0 saturated heterocycles. The van der Waals surface area contributed by atoms with Crippen molar-refractivity contribution in [2.24, 2.45) is 0 Å². The molecule has 0 spiro atoms. The molecule has 3 heterocycles. The topological polar surface area (TPSA) is 55.9 Å². The monoisotopic (exact) mass is 164 g/mol. The van der Waals surface area contributed by atoms with Crippen molar-refractivity contribution >= 4 is 11.2 Å². The van der Waals surface area contributed by atoms with Gasteiger partial charge in [0.2, 0.25) is 0 Å². The van der Waals surface area contributed by atoms with Gasteiger partial charge in [0, 0.05) is 13.1 Å². The normalized spacial score (nSPS) is 16.7. The maximum absolute atomic E-state index is 5.08. The molecular formula is C7H8N4O. The lowest BCUT2D eigenvalue weighted by Gasteiger charge is -2.13. The summed E-state index contributed by atoms with van der Waals surface area (Å²) in [5.41, 5.74) is 1.65. The van der Waals surface area contributed by atoms with E-state index in [0.29, 0.717) is 0 Å². The maximum atomic E-state index is 5.08. The number of rotatable bonds is 0. The van der Waals surface area contributed by atoms with Crippen molar-refractivity contribution in [3.05, 3.63) is 12.0 Å². The Kier molecular flexibility index (Phi) is 1.07. The minimum atomic E-state index is 0.798. The molecule has 0 aliphatic carbocycles. The van der Waals surface area contributed by atoms with Crippen LogP contribution in [-0.2, 0) is 13.1 Å². The highest BCUT2D eigenvalue weighted by Crippen LogP contribution is 2.16. The van der Waals surface area contributed by atoms with Gasteiger partial charge in [-0.05, 0) is 0 Å². The molecule has 1 aliphatic rings. The van der Waals surface area contributed by atoms with Crippen molar-refractivity contribution in [1.82, 2.24) is 20.0 Å². The fourth-order valence-corrected chi connectivity index (χ4v) is 1.57. The Labute approximate surface area is 68.4 Å². The molecule has 3 rings (SSSR count). The average Bonchev–Trinajstić information content (AvgIpc) is 2.62. The number of hydrogen-bond donors (Lipinski definition) is 1. The largest absolute Gasteiger partial charge is 0.336 e. The molecule has 12 heavy (non-hydrogen) atoms. The number of hydrogen-bond acceptors (Lipinski definition) is 4. The Morgan fingerprint density at radius 2 is 2.58 bits per heavy atom. The van der Waals surface area contributed by atoms with Gasteiger partial charge in [0.15, 0.2) is 5.52 Å². The molecule has 5 nitrogen and oxygen atoms in total. The van der Waals surface area contributed by atoms with Crippen LogP contribution in [-0.4, -0.2) is 21.3 Å². The molecule has 62 valence electrons. The molecule has 2 aromatic heterocycles. The van der Waals surface area contributed by atoms with Crippen LogP contribution in [0.4, 0.5) is 0 Å². The van der Waals surface area contributed by atoms with E-state index in [-0.39, 0.29) is 0 Å². The fraction of sp³-hybridized carbons (Fsp3) is 0.429. The molecule has 0 fully saturated rings. The lowest BCUT2D eigenvalue weighted by molar-refractivity contribution is 0.414. The van der Waals surface area contributed by atoms with Crippen LogP contribution < -0.4 is 5.32 Å². The molecule has 0 bridgehead atoms. The van der Waals surface area contributed by atoms with Crippen LogP contribution in [0.5, 0.6) is 0 Å². The van der Waals surface area contributed by atoms with Crippen molar-refractivity contribution in [3.8, 4) is 0 Å². The Hall–Kier alpha value is -1.36. The maximum Gasteiger partial charge on any atom is 0.258 e. The third kappa shape index (κ3) is 0.660. The highest BCUT2D eigenvalue weighted by molar-refractivity contribution is 5.68. The third-order valence-corrected chi connectivity index (χ3v) is 2.13. The Morgan fingerprint density at radius 1 is 1.58 bits per heavy atom. The van der Waals surface area contributed by atoms with E-state index in [4.69, 9.17) is 4.52 Å². The molecule has 0 atom stereocenters. The van der Waals surface area contributed by atoms with Crippen molar-refractivity contribution in [2.75, 3.05) is 6.54 Å². The van der Waals surface area contributed by atoms with Crippen LogP contribution in [0.1, 0.15) is 5.82 Å². The summed E-state index contributed by atoms with van der Waals surface area (Å²) in [6.07, 6.45) is 1.65. The number of fused-ring (bicyclic) bond motifs is 3. The van der Waals surface area contributed by atoms with Gasteiger partial charge >= 0.3 is 0 Å². The lowest BCUT2D eigenvalue weighted by atomic mass is 10.4. The van der Waals surface area contributed by atoms with Gasteiger partial charge in [0.1, 0.15) is 5.82 Å². The molecule has 0 radical (unpaired) electrons. The predicted molar refractivity (Wildman–Crippen MR) is 41.5 cm³/mol. The molecule has 0 saturated carbocycles. The summed E-state index contributed by atoms with van der Waals surface area (Å²) in [5.74, 6) is 1.04. The molecule has 0 unspecified atom stereocenters. The van der Waals surface area contributed by atoms with Gasteiger partial charge in [-0.3, -0.25) is 4.57 Å². The van der Waals surface area contributed by atoms with Gasteiger partial charge in [-0.2, -0.15) is 0 Å².